The Morgan fingerprint density at radius 2 is 2.09 bits per heavy atom. The summed E-state index contributed by atoms with van der Waals surface area (Å²) < 4.78 is 5.71. The number of nitrogens with one attached hydrogen (secondary N) is 2. The fraction of sp³-hybridized carbons (Fsp3) is 0.556. The summed E-state index contributed by atoms with van der Waals surface area (Å²) in [4.78, 5) is 23.1. The summed E-state index contributed by atoms with van der Waals surface area (Å²) in [5.74, 6) is 1.36. The fourth-order valence-electron chi connectivity index (χ4n) is 2.37. The van der Waals surface area contributed by atoms with Crippen molar-refractivity contribution in [3.05, 3.63) is 23.8 Å². The van der Waals surface area contributed by atoms with Gasteiger partial charge in [-0.15, -0.1) is 0 Å². The Balaban J connectivity index is 1.72. The zero-order valence-corrected chi connectivity index (χ0v) is 14.1. The second-order valence-corrected chi connectivity index (χ2v) is 6.42. The van der Waals surface area contributed by atoms with Crippen LogP contribution in [-0.2, 0) is 16.0 Å². The van der Waals surface area contributed by atoms with Crippen LogP contribution in [-0.4, -0.2) is 24.5 Å². The van der Waals surface area contributed by atoms with Crippen LogP contribution in [0.4, 0.5) is 5.69 Å². The van der Waals surface area contributed by atoms with Gasteiger partial charge in [0.2, 0.25) is 11.8 Å². The van der Waals surface area contributed by atoms with Gasteiger partial charge in [-0.05, 0) is 49.4 Å². The van der Waals surface area contributed by atoms with Crippen molar-refractivity contribution in [1.29, 1.82) is 0 Å². The molecule has 0 aromatic heterocycles. The topological polar surface area (TPSA) is 67.4 Å². The molecule has 0 saturated carbocycles. The number of hydrogen-bond acceptors (Lipinski definition) is 3. The molecule has 2 N–H and O–H groups in total. The molecule has 1 aromatic rings. The molecule has 1 heterocycles. The van der Waals surface area contributed by atoms with Crippen LogP contribution in [0.5, 0.6) is 5.75 Å². The standard InChI is InChI=1S/C18H26N2O3/c1-12(2)13(3)19-17(21)5-4-10-23-15-7-8-16-14(11-15)6-9-18(22)20-16/h7-8,11-13H,4-6,9-10H2,1-3H3,(H,19,21)(H,20,22). The summed E-state index contributed by atoms with van der Waals surface area (Å²) >= 11 is 0. The summed E-state index contributed by atoms with van der Waals surface area (Å²) in [5, 5.41) is 5.84. The van der Waals surface area contributed by atoms with Crippen molar-refractivity contribution in [1.82, 2.24) is 5.32 Å². The first kappa shape index (κ1) is 17.3. The van der Waals surface area contributed by atoms with Crippen molar-refractivity contribution < 1.29 is 14.3 Å². The molecule has 0 aliphatic carbocycles. The van der Waals surface area contributed by atoms with E-state index in [1.165, 1.54) is 0 Å². The number of carbonyl (C=O) groups is 2. The highest BCUT2D eigenvalue weighted by Crippen LogP contribution is 2.26. The summed E-state index contributed by atoms with van der Waals surface area (Å²) in [6.45, 7) is 6.71. The van der Waals surface area contributed by atoms with Crippen molar-refractivity contribution >= 4 is 17.5 Å². The lowest BCUT2D eigenvalue weighted by atomic mass is 10.0. The maximum Gasteiger partial charge on any atom is 0.224 e. The fourth-order valence-corrected chi connectivity index (χ4v) is 2.37. The Morgan fingerprint density at radius 3 is 2.83 bits per heavy atom. The Labute approximate surface area is 137 Å². The molecular formula is C18H26N2O3. The average molecular weight is 318 g/mol. The number of ether oxygens (including phenoxy) is 1. The van der Waals surface area contributed by atoms with Gasteiger partial charge in [0.15, 0.2) is 0 Å². The molecule has 0 fully saturated rings. The van der Waals surface area contributed by atoms with Crippen LogP contribution in [0, 0.1) is 5.92 Å². The minimum Gasteiger partial charge on any atom is -0.494 e. The van der Waals surface area contributed by atoms with Gasteiger partial charge in [-0.3, -0.25) is 9.59 Å². The molecule has 1 aliphatic heterocycles. The lowest BCUT2D eigenvalue weighted by molar-refractivity contribution is -0.122. The molecule has 5 nitrogen and oxygen atoms in total. The summed E-state index contributed by atoms with van der Waals surface area (Å²) in [6, 6.07) is 5.89. The van der Waals surface area contributed by atoms with Crippen molar-refractivity contribution in [2.45, 2.75) is 52.5 Å². The van der Waals surface area contributed by atoms with Crippen LogP contribution in [0.1, 0.15) is 45.6 Å². The number of anilines is 1. The lowest BCUT2D eigenvalue weighted by Crippen LogP contribution is -2.36. The predicted octanol–water partition coefficient (Wildman–Crippen LogP) is 2.89. The first-order valence-electron chi connectivity index (χ1n) is 8.30. The molecule has 1 atom stereocenters. The summed E-state index contributed by atoms with van der Waals surface area (Å²) in [6.07, 6.45) is 2.42. The molecule has 0 radical (unpaired) electrons. The number of fused-ring (bicyclic) bond motifs is 1. The van der Waals surface area contributed by atoms with Crippen LogP contribution in [0.2, 0.25) is 0 Å². The van der Waals surface area contributed by atoms with E-state index in [1.807, 2.05) is 25.1 Å². The van der Waals surface area contributed by atoms with E-state index in [0.29, 0.717) is 31.8 Å². The summed E-state index contributed by atoms with van der Waals surface area (Å²) in [5.41, 5.74) is 1.97. The molecule has 23 heavy (non-hydrogen) atoms. The van der Waals surface area contributed by atoms with Gasteiger partial charge in [-0.2, -0.15) is 0 Å². The number of benzene rings is 1. The monoisotopic (exact) mass is 318 g/mol. The van der Waals surface area contributed by atoms with E-state index in [9.17, 15) is 9.59 Å². The first-order valence-corrected chi connectivity index (χ1v) is 8.30. The molecule has 0 spiro atoms. The predicted molar refractivity (Wildman–Crippen MR) is 90.6 cm³/mol. The number of aryl methyl sites for hydroxylation is 1. The SMILES string of the molecule is CC(C)C(C)NC(=O)CCCOc1ccc2c(c1)CCC(=O)N2. The molecular weight excluding hydrogens is 292 g/mol. The van der Waals surface area contributed by atoms with E-state index < -0.39 is 0 Å². The van der Waals surface area contributed by atoms with E-state index in [4.69, 9.17) is 4.74 Å². The van der Waals surface area contributed by atoms with Crippen LogP contribution in [0.25, 0.3) is 0 Å². The highest BCUT2D eigenvalue weighted by Gasteiger charge is 2.15. The average Bonchev–Trinajstić information content (AvgIpc) is 2.51. The van der Waals surface area contributed by atoms with Gasteiger partial charge in [-0.25, -0.2) is 0 Å². The zero-order valence-electron chi connectivity index (χ0n) is 14.1. The third kappa shape index (κ3) is 5.27. The van der Waals surface area contributed by atoms with Gasteiger partial charge in [0.05, 0.1) is 6.61 Å². The van der Waals surface area contributed by atoms with Crippen LogP contribution in [0.15, 0.2) is 18.2 Å². The first-order chi connectivity index (χ1) is 11.0. The smallest absolute Gasteiger partial charge is 0.224 e. The van der Waals surface area contributed by atoms with Crippen molar-refractivity contribution in [2.24, 2.45) is 5.92 Å². The molecule has 1 aromatic carbocycles. The van der Waals surface area contributed by atoms with E-state index in [2.05, 4.69) is 24.5 Å². The van der Waals surface area contributed by atoms with E-state index >= 15 is 0 Å². The molecule has 1 unspecified atom stereocenters. The normalized spacial score (nSPS) is 14.9. The van der Waals surface area contributed by atoms with Crippen molar-refractivity contribution in [2.75, 3.05) is 11.9 Å². The minimum atomic E-state index is 0.0628. The number of rotatable bonds is 7. The highest BCUT2D eigenvalue weighted by molar-refractivity contribution is 5.94. The van der Waals surface area contributed by atoms with Gasteiger partial charge in [0.25, 0.3) is 0 Å². The van der Waals surface area contributed by atoms with Gasteiger partial charge >= 0.3 is 0 Å². The second kappa shape index (κ2) is 7.99. The lowest BCUT2D eigenvalue weighted by Gasteiger charge is -2.18. The zero-order chi connectivity index (χ0) is 16.8. The van der Waals surface area contributed by atoms with E-state index in [1.54, 1.807) is 0 Å². The molecule has 0 saturated heterocycles. The molecule has 5 heteroatoms. The van der Waals surface area contributed by atoms with Crippen molar-refractivity contribution in [3.63, 3.8) is 0 Å². The molecule has 2 amide bonds. The maximum absolute atomic E-state index is 11.8. The number of amides is 2. The third-order valence-corrected chi connectivity index (χ3v) is 4.18. The summed E-state index contributed by atoms with van der Waals surface area (Å²) in [7, 11) is 0. The van der Waals surface area contributed by atoms with Gasteiger partial charge in [0.1, 0.15) is 5.75 Å². The Kier molecular flexibility index (Phi) is 6.02. The van der Waals surface area contributed by atoms with E-state index in [0.717, 1.165) is 23.4 Å². The quantitative estimate of drug-likeness (QED) is 0.760. The Morgan fingerprint density at radius 1 is 1.30 bits per heavy atom. The largest absolute Gasteiger partial charge is 0.494 e. The van der Waals surface area contributed by atoms with Crippen LogP contribution >= 0.6 is 0 Å². The number of carbonyl (C=O) groups excluding carboxylic acids is 2. The van der Waals surface area contributed by atoms with Crippen LogP contribution < -0.4 is 15.4 Å². The van der Waals surface area contributed by atoms with Crippen LogP contribution in [0.3, 0.4) is 0 Å². The minimum absolute atomic E-state index is 0.0628. The van der Waals surface area contributed by atoms with Gasteiger partial charge in [0, 0.05) is 24.6 Å². The molecule has 126 valence electrons. The Bertz CT molecular complexity index is 569. The highest BCUT2D eigenvalue weighted by atomic mass is 16.5. The molecule has 1 aliphatic rings. The Hall–Kier alpha value is -2.04. The van der Waals surface area contributed by atoms with Gasteiger partial charge < -0.3 is 15.4 Å². The molecule has 2 rings (SSSR count). The second-order valence-electron chi connectivity index (χ2n) is 6.42. The number of hydrogen-bond donors (Lipinski definition) is 2. The van der Waals surface area contributed by atoms with E-state index in [-0.39, 0.29) is 17.9 Å². The maximum atomic E-state index is 11.8. The molecule has 0 bridgehead atoms. The van der Waals surface area contributed by atoms with Gasteiger partial charge in [-0.1, -0.05) is 13.8 Å². The van der Waals surface area contributed by atoms with Crippen molar-refractivity contribution in [3.8, 4) is 5.75 Å². The third-order valence-electron chi connectivity index (χ3n) is 4.18.